The Balaban J connectivity index is 0.00000120. The first-order valence-corrected chi connectivity index (χ1v) is 6.34. The largest absolute Gasteiger partial charge is 0.455 e. The number of benzene rings is 1. The predicted molar refractivity (Wildman–Crippen MR) is 74.3 cm³/mol. The quantitative estimate of drug-likeness (QED) is 0.847. The highest BCUT2D eigenvalue weighted by Gasteiger charge is 2.41. The number of amidine groups is 1. The average molecular weight is 267 g/mol. The summed E-state index contributed by atoms with van der Waals surface area (Å²) in [6.45, 7) is 3.07. The molecule has 1 aromatic carbocycles. The van der Waals surface area contributed by atoms with Crippen LogP contribution < -0.4 is 0 Å². The van der Waals surface area contributed by atoms with Crippen LogP contribution in [0.5, 0.6) is 0 Å². The predicted octanol–water partition coefficient (Wildman–Crippen LogP) is 3.28. The standard InChI is InChI=1S/C14H18N2O.ClH/c1-10-5-7-11(8-6-10)13-12-4-2-3-9-16(12)14(15)17-13;/h5-8,12-13,15H,2-4,9H2,1H3;1H/t12-,13+;/m0./s1. The van der Waals surface area contributed by atoms with Gasteiger partial charge in [-0.15, -0.1) is 12.4 Å². The lowest BCUT2D eigenvalue weighted by atomic mass is 9.94. The molecule has 3 rings (SSSR count). The zero-order valence-electron chi connectivity index (χ0n) is 10.6. The molecule has 3 nitrogen and oxygen atoms in total. The molecule has 0 aliphatic carbocycles. The first kappa shape index (κ1) is 13.2. The Morgan fingerprint density at radius 3 is 2.67 bits per heavy atom. The van der Waals surface area contributed by atoms with Gasteiger partial charge in [0.1, 0.15) is 6.10 Å². The smallest absolute Gasteiger partial charge is 0.285 e. The molecule has 2 aliphatic rings. The first-order valence-electron chi connectivity index (χ1n) is 6.34. The van der Waals surface area contributed by atoms with E-state index in [9.17, 15) is 0 Å². The number of halogens is 1. The number of hydrogen-bond donors (Lipinski definition) is 1. The Bertz CT molecular complexity index is 432. The minimum absolute atomic E-state index is 0. The van der Waals surface area contributed by atoms with Crippen LogP contribution in [0.2, 0.25) is 0 Å². The summed E-state index contributed by atoms with van der Waals surface area (Å²) < 4.78 is 5.74. The Hall–Kier alpha value is -1.22. The molecule has 2 fully saturated rings. The summed E-state index contributed by atoms with van der Waals surface area (Å²) in [5.74, 6) is 0. The molecule has 0 aromatic heterocycles. The third-order valence-corrected chi connectivity index (χ3v) is 3.80. The lowest BCUT2D eigenvalue weighted by Crippen LogP contribution is -2.38. The van der Waals surface area contributed by atoms with Crippen molar-refractivity contribution in [1.29, 1.82) is 5.41 Å². The highest BCUT2D eigenvalue weighted by atomic mass is 35.5. The van der Waals surface area contributed by atoms with Gasteiger partial charge in [0, 0.05) is 6.54 Å². The normalized spacial score (nSPS) is 26.3. The summed E-state index contributed by atoms with van der Waals surface area (Å²) in [6.07, 6.45) is 3.63. The summed E-state index contributed by atoms with van der Waals surface area (Å²) in [5.41, 5.74) is 2.47. The molecule has 2 heterocycles. The Kier molecular flexibility index (Phi) is 3.81. The Morgan fingerprint density at radius 1 is 1.22 bits per heavy atom. The van der Waals surface area contributed by atoms with E-state index in [1.165, 1.54) is 24.0 Å². The van der Waals surface area contributed by atoms with E-state index in [-0.39, 0.29) is 18.5 Å². The third kappa shape index (κ3) is 2.19. The Morgan fingerprint density at radius 2 is 1.94 bits per heavy atom. The van der Waals surface area contributed by atoms with Crippen LogP contribution in [0.15, 0.2) is 24.3 Å². The second-order valence-corrected chi connectivity index (χ2v) is 5.01. The highest BCUT2D eigenvalue weighted by molar-refractivity contribution is 5.85. The second kappa shape index (κ2) is 5.19. The van der Waals surface area contributed by atoms with Crippen LogP contribution in [0.25, 0.3) is 0 Å². The topological polar surface area (TPSA) is 36.3 Å². The summed E-state index contributed by atoms with van der Waals surface area (Å²) in [6, 6.07) is 9.23. The van der Waals surface area contributed by atoms with Gasteiger partial charge in [-0.3, -0.25) is 5.41 Å². The van der Waals surface area contributed by atoms with Gasteiger partial charge in [0.2, 0.25) is 0 Å². The average Bonchev–Trinajstić information content (AvgIpc) is 2.69. The van der Waals surface area contributed by atoms with E-state index in [1.54, 1.807) is 0 Å². The van der Waals surface area contributed by atoms with Crippen LogP contribution in [0.4, 0.5) is 0 Å². The van der Waals surface area contributed by atoms with Crippen molar-refractivity contribution in [2.45, 2.75) is 38.3 Å². The van der Waals surface area contributed by atoms with Crippen molar-refractivity contribution < 1.29 is 4.74 Å². The third-order valence-electron chi connectivity index (χ3n) is 3.80. The van der Waals surface area contributed by atoms with E-state index in [2.05, 4.69) is 36.1 Å². The number of nitrogens with one attached hydrogen (secondary N) is 1. The molecule has 98 valence electrons. The van der Waals surface area contributed by atoms with Crippen molar-refractivity contribution in [3.8, 4) is 0 Å². The van der Waals surface area contributed by atoms with Gasteiger partial charge in [0.25, 0.3) is 6.02 Å². The van der Waals surface area contributed by atoms with Gasteiger partial charge in [-0.25, -0.2) is 0 Å². The summed E-state index contributed by atoms with van der Waals surface area (Å²) in [4.78, 5) is 2.12. The first-order chi connectivity index (χ1) is 8.25. The molecule has 0 amide bonds. The van der Waals surface area contributed by atoms with Crippen molar-refractivity contribution in [3.05, 3.63) is 35.4 Å². The van der Waals surface area contributed by atoms with Crippen LogP contribution in [0.3, 0.4) is 0 Å². The van der Waals surface area contributed by atoms with Crippen molar-refractivity contribution in [2.24, 2.45) is 0 Å². The molecule has 4 heteroatoms. The van der Waals surface area contributed by atoms with E-state index < -0.39 is 0 Å². The van der Waals surface area contributed by atoms with Gasteiger partial charge in [-0.2, -0.15) is 0 Å². The molecule has 0 unspecified atom stereocenters. The lowest BCUT2D eigenvalue weighted by Gasteiger charge is -2.29. The fraction of sp³-hybridized carbons (Fsp3) is 0.500. The van der Waals surface area contributed by atoms with Gasteiger partial charge in [-0.05, 0) is 31.7 Å². The number of fused-ring (bicyclic) bond motifs is 1. The SMILES string of the molecule is Cc1ccc([C@H]2OC(=N)N3CCCC[C@@H]23)cc1.Cl. The minimum Gasteiger partial charge on any atom is -0.455 e. The summed E-state index contributed by atoms with van der Waals surface area (Å²) in [7, 11) is 0. The zero-order chi connectivity index (χ0) is 11.8. The molecule has 0 bridgehead atoms. The summed E-state index contributed by atoms with van der Waals surface area (Å²) >= 11 is 0. The number of ether oxygens (including phenoxy) is 1. The van der Waals surface area contributed by atoms with Crippen LogP contribution in [0.1, 0.15) is 36.5 Å². The van der Waals surface area contributed by atoms with Gasteiger partial charge in [-0.1, -0.05) is 29.8 Å². The van der Waals surface area contributed by atoms with Crippen LogP contribution >= 0.6 is 12.4 Å². The molecule has 0 saturated carbocycles. The van der Waals surface area contributed by atoms with Crippen LogP contribution in [-0.2, 0) is 4.74 Å². The van der Waals surface area contributed by atoms with Gasteiger partial charge in [0.05, 0.1) is 6.04 Å². The monoisotopic (exact) mass is 266 g/mol. The molecule has 2 aliphatic heterocycles. The van der Waals surface area contributed by atoms with E-state index in [0.717, 1.165) is 13.0 Å². The molecule has 2 atom stereocenters. The number of rotatable bonds is 1. The molecule has 18 heavy (non-hydrogen) atoms. The lowest BCUT2D eigenvalue weighted by molar-refractivity contribution is 0.167. The van der Waals surface area contributed by atoms with E-state index >= 15 is 0 Å². The second-order valence-electron chi connectivity index (χ2n) is 5.01. The van der Waals surface area contributed by atoms with Gasteiger partial charge in [0.15, 0.2) is 0 Å². The molecule has 0 radical (unpaired) electrons. The fourth-order valence-electron chi connectivity index (χ4n) is 2.84. The molecular formula is C14H19ClN2O. The van der Waals surface area contributed by atoms with E-state index in [0.29, 0.717) is 12.1 Å². The number of nitrogens with zero attached hydrogens (tertiary/aromatic N) is 1. The maximum Gasteiger partial charge on any atom is 0.285 e. The van der Waals surface area contributed by atoms with E-state index in [4.69, 9.17) is 10.1 Å². The Labute approximate surface area is 114 Å². The van der Waals surface area contributed by atoms with E-state index in [1.807, 2.05) is 0 Å². The fourth-order valence-corrected chi connectivity index (χ4v) is 2.84. The van der Waals surface area contributed by atoms with Crippen molar-refractivity contribution in [2.75, 3.05) is 6.54 Å². The molecule has 2 saturated heterocycles. The maximum absolute atomic E-state index is 7.90. The maximum atomic E-state index is 7.90. The zero-order valence-corrected chi connectivity index (χ0v) is 11.4. The molecule has 0 spiro atoms. The van der Waals surface area contributed by atoms with Gasteiger partial charge < -0.3 is 9.64 Å². The van der Waals surface area contributed by atoms with Crippen molar-refractivity contribution in [1.82, 2.24) is 4.90 Å². The number of piperidine rings is 1. The molecule has 1 aromatic rings. The number of aryl methyl sites for hydroxylation is 1. The van der Waals surface area contributed by atoms with Crippen LogP contribution in [-0.4, -0.2) is 23.5 Å². The van der Waals surface area contributed by atoms with Crippen LogP contribution in [0, 0.1) is 12.3 Å². The number of hydrogen-bond acceptors (Lipinski definition) is 2. The minimum atomic E-state index is 0. The summed E-state index contributed by atoms with van der Waals surface area (Å²) in [5, 5.41) is 7.90. The molecule has 1 N–H and O–H groups in total. The molecular weight excluding hydrogens is 248 g/mol. The van der Waals surface area contributed by atoms with Gasteiger partial charge >= 0.3 is 0 Å². The van der Waals surface area contributed by atoms with Crippen molar-refractivity contribution >= 4 is 18.4 Å². The van der Waals surface area contributed by atoms with Crippen molar-refractivity contribution in [3.63, 3.8) is 0 Å². The highest BCUT2D eigenvalue weighted by Crippen LogP contribution is 2.37.